The summed E-state index contributed by atoms with van der Waals surface area (Å²) in [5.41, 5.74) is 0.678. The van der Waals surface area contributed by atoms with Crippen molar-refractivity contribution in [3.63, 3.8) is 0 Å². The molecule has 1 fully saturated rings. The summed E-state index contributed by atoms with van der Waals surface area (Å²) < 4.78 is 5.66. The molecule has 0 aromatic heterocycles. The molecule has 0 aliphatic heterocycles. The van der Waals surface area contributed by atoms with Crippen LogP contribution < -0.4 is 10.1 Å². The molecule has 0 spiro atoms. The number of nitro groups is 1. The van der Waals surface area contributed by atoms with E-state index < -0.39 is 11.0 Å². The molecule has 6 heteroatoms. The summed E-state index contributed by atoms with van der Waals surface area (Å²) in [6.45, 7) is 3.62. The van der Waals surface area contributed by atoms with Crippen molar-refractivity contribution < 1.29 is 14.5 Å². The number of hydrogen-bond acceptors (Lipinski definition) is 4. The van der Waals surface area contributed by atoms with E-state index >= 15 is 0 Å². The second-order valence-electron chi connectivity index (χ2n) is 6.09. The zero-order valence-corrected chi connectivity index (χ0v) is 13.7. The summed E-state index contributed by atoms with van der Waals surface area (Å²) in [6.07, 6.45) is 5.22. The molecule has 2 rings (SSSR count). The van der Waals surface area contributed by atoms with Gasteiger partial charge in [0.15, 0.2) is 11.9 Å². The van der Waals surface area contributed by atoms with Crippen LogP contribution >= 0.6 is 0 Å². The first-order valence-electron chi connectivity index (χ1n) is 8.23. The average molecular weight is 320 g/mol. The second kappa shape index (κ2) is 7.94. The number of rotatable bonds is 6. The first-order valence-corrected chi connectivity index (χ1v) is 8.23. The second-order valence-corrected chi connectivity index (χ2v) is 6.09. The maximum absolute atomic E-state index is 12.4. The number of carbonyl (C=O) groups excluding carboxylic acids is 1. The monoisotopic (exact) mass is 320 g/mol. The molecular formula is C17H24N2O4. The number of nitro benzene ring substituents is 1. The molecule has 1 aliphatic rings. The predicted octanol–water partition coefficient (Wildman–Crippen LogP) is 3.51. The topological polar surface area (TPSA) is 81.5 Å². The van der Waals surface area contributed by atoms with Gasteiger partial charge in [-0.3, -0.25) is 14.9 Å². The smallest absolute Gasteiger partial charge is 0.311 e. The van der Waals surface area contributed by atoms with Crippen molar-refractivity contribution in [1.29, 1.82) is 0 Å². The molecule has 1 N–H and O–H groups in total. The van der Waals surface area contributed by atoms with Gasteiger partial charge in [-0.2, -0.15) is 0 Å². The minimum atomic E-state index is -0.710. The van der Waals surface area contributed by atoms with Crippen molar-refractivity contribution in [2.45, 2.75) is 64.5 Å². The highest BCUT2D eigenvalue weighted by Gasteiger charge is 2.25. The van der Waals surface area contributed by atoms with Crippen LogP contribution in [0.3, 0.4) is 0 Å². The number of amides is 1. The van der Waals surface area contributed by atoms with E-state index in [0.29, 0.717) is 6.42 Å². The van der Waals surface area contributed by atoms with E-state index in [0.717, 1.165) is 31.2 Å². The third kappa shape index (κ3) is 4.68. The Morgan fingerprint density at radius 2 is 2.09 bits per heavy atom. The van der Waals surface area contributed by atoms with Crippen LogP contribution in [0.25, 0.3) is 0 Å². The quantitative estimate of drug-likeness (QED) is 0.642. The van der Waals surface area contributed by atoms with Crippen LogP contribution in [-0.2, 0) is 4.79 Å². The van der Waals surface area contributed by atoms with Gasteiger partial charge < -0.3 is 10.1 Å². The molecule has 0 bridgehead atoms. The summed E-state index contributed by atoms with van der Waals surface area (Å²) in [5.74, 6) is -0.0412. The van der Waals surface area contributed by atoms with Gasteiger partial charge in [-0.25, -0.2) is 0 Å². The summed E-state index contributed by atoms with van der Waals surface area (Å²) >= 11 is 0. The van der Waals surface area contributed by atoms with E-state index in [2.05, 4.69) is 5.32 Å². The van der Waals surface area contributed by atoms with Crippen molar-refractivity contribution in [3.05, 3.63) is 33.9 Å². The standard InChI is InChI=1S/C17H24N2O4/c1-3-15(17(20)18-13-7-5-4-6-8-13)23-16-10-9-12(2)11-14(16)19(21)22/h9-11,13,15H,3-8H2,1-2H3,(H,18,20). The van der Waals surface area contributed by atoms with Crippen LogP contribution in [0, 0.1) is 17.0 Å². The van der Waals surface area contributed by atoms with Crippen molar-refractivity contribution >= 4 is 11.6 Å². The van der Waals surface area contributed by atoms with Gasteiger partial charge in [-0.15, -0.1) is 0 Å². The lowest BCUT2D eigenvalue weighted by Crippen LogP contribution is -2.44. The normalized spacial score (nSPS) is 16.6. The Hall–Kier alpha value is -2.11. The Bertz CT molecular complexity index is 568. The Kier molecular flexibility index (Phi) is 5.96. The fourth-order valence-corrected chi connectivity index (χ4v) is 2.89. The van der Waals surface area contributed by atoms with Crippen LogP contribution in [0.1, 0.15) is 51.0 Å². The molecule has 6 nitrogen and oxygen atoms in total. The molecule has 1 atom stereocenters. The maximum Gasteiger partial charge on any atom is 0.311 e. The van der Waals surface area contributed by atoms with E-state index in [1.807, 2.05) is 6.92 Å². The summed E-state index contributed by atoms with van der Waals surface area (Å²) in [6, 6.07) is 4.96. The van der Waals surface area contributed by atoms with Crippen LogP contribution in [0.15, 0.2) is 18.2 Å². The number of aryl methyl sites for hydroxylation is 1. The van der Waals surface area contributed by atoms with Gasteiger partial charge in [0.05, 0.1) is 4.92 Å². The van der Waals surface area contributed by atoms with Gasteiger partial charge in [-0.1, -0.05) is 32.3 Å². The first-order chi connectivity index (χ1) is 11.0. The summed E-state index contributed by atoms with van der Waals surface area (Å²) in [7, 11) is 0. The highest BCUT2D eigenvalue weighted by atomic mass is 16.6. The number of nitrogens with one attached hydrogen (secondary N) is 1. The number of benzene rings is 1. The molecule has 1 amide bonds. The molecule has 0 radical (unpaired) electrons. The Morgan fingerprint density at radius 1 is 1.39 bits per heavy atom. The number of nitrogens with zero attached hydrogens (tertiary/aromatic N) is 1. The third-order valence-electron chi connectivity index (χ3n) is 4.20. The van der Waals surface area contributed by atoms with Gasteiger partial charge in [0.25, 0.3) is 5.91 Å². The SMILES string of the molecule is CCC(Oc1ccc(C)cc1[N+](=O)[O-])C(=O)NC1CCCCC1. The van der Waals surface area contributed by atoms with Gasteiger partial charge in [0, 0.05) is 12.1 Å². The molecule has 1 aliphatic carbocycles. The molecule has 1 unspecified atom stereocenters. The van der Waals surface area contributed by atoms with Crippen molar-refractivity contribution in [1.82, 2.24) is 5.32 Å². The van der Waals surface area contributed by atoms with E-state index in [9.17, 15) is 14.9 Å². The van der Waals surface area contributed by atoms with Gasteiger partial charge in [-0.05, 0) is 37.8 Å². The molecule has 1 aromatic carbocycles. The lowest BCUT2D eigenvalue weighted by atomic mass is 9.95. The molecule has 0 heterocycles. The highest BCUT2D eigenvalue weighted by Crippen LogP contribution is 2.29. The van der Waals surface area contributed by atoms with E-state index in [1.165, 1.54) is 12.5 Å². The van der Waals surface area contributed by atoms with Crippen molar-refractivity contribution in [2.75, 3.05) is 0 Å². The molecule has 1 saturated carbocycles. The van der Waals surface area contributed by atoms with Gasteiger partial charge in [0.2, 0.25) is 0 Å². The average Bonchev–Trinajstić information content (AvgIpc) is 2.54. The molecule has 0 saturated heterocycles. The van der Waals surface area contributed by atoms with E-state index in [4.69, 9.17) is 4.74 Å². The van der Waals surface area contributed by atoms with Gasteiger partial charge in [0.1, 0.15) is 0 Å². The van der Waals surface area contributed by atoms with E-state index in [-0.39, 0.29) is 23.4 Å². The van der Waals surface area contributed by atoms with Crippen LogP contribution in [-0.4, -0.2) is 23.0 Å². The van der Waals surface area contributed by atoms with Crippen LogP contribution in [0.5, 0.6) is 5.75 Å². The Morgan fingerprint density at radius 3 is 2.70 bits per heavy atom. The Balaban J connectivity index is 2.06. The zero-order chi connectivity index (χ0) is 16.8. The molecule has 23 heavy (non-hydrogen) atoms. The summed E-state index contributed by atoms with van der Waals surface area (Å²) in [5, 5.41) is 14.2. The number of carbonyl (C=O) groups is 1. The largest absolute Gasteiger partial charge is 0.473 e. The van der Waals surface area contributed by atoms with Gasteiger partial charge >= 0.3 is 5.69 Å². The molecule has 1 aromatic rings. The fraction of sp³-hybridized carbons (Fsp3) is 0.588. The van der Waals surface area contributed by atoms with Crippen molar-refractivity contribution in [2.24, 2.45) is 0 Å². The maximum atomic E-state index is 12.4. The Labute approximate surface area is 136 Å². The highest BCUT2D eigenvalue weighted by molar-refractivity contribution is 5.81. The fourth-order valence-electron chi connectivity index (χ4n) is 2.89. The summed E-state index contributed by atoms with van der Waals surface area (Å²) in [4.78, 5) is 23.1. The number of hydrogen-bond donors (Lipinski definition) is 1. The minimum absolute atomic E-state index is 0.103. The first kappa shape index (κ1) is 17.2. The zero-order valence-electron chi connectivity index (χ0n) is 13.7. The third-order valence-corrected chi connectivity index (χ3v) is 4.20. The lowest BCUT2D eigenvalue weighted by Gasteiger charge is -2.25. The van der Waals surface area contributed by atoms with Crippen LogP contribution in [0.4, 0.5) is 5.69 Å². The number of ether oxygens (including phenoxy) is 1. The van der Waals surface area contributed by atoms with E-state index in [1.54, 1.807) is 19.1 Å². The minimum Gasteiger partial charge on any atom is -0.473 e. The molecule has 126 valence electrons. The van der Waals surface area contributed by atoms with Crippen molar-refractivity contribution in [3.8, 4) is 5.75 Å². The van der Waals surface area contributed by atoms with Crippen LogP contribution in [0.2, 0.25) is 0 Å². The molecular weight excluding hydrogens is 296 g/mol. The predicted molar refractivity (Wildman–Crippen MR) is 87.6 cm³/mol. The lowest BCUT2D eigenvalue weighted by molar-refractivity contribution is -0.386.